The number of aromatic nitrogens is 1. The van der Waals surface area contributed by atoms with E-state index in [9.17, 15) is 9.59 Å². The lowest BCUT2D eigenvalue weighted by Gasteiger charge is -2.16. The summed E-state index contributed by atoms with van der Waals surface area (Å²) in [6.07, 6.45) is 2.12. The Bertz CT molecular complexity index is 1000. The fourth-order valence-corrected chi connectivity index (χ4v) is 3.74. The first kappa shape index (κ1) is 17.3. The number of para-hydroxylation sites is 1. The quantitative estimate of drug-likeness (QED) is 0.768. The van der Waals surface area contributed by atoms with Gasteiger partial charge in [0, 0.05) is 35.6 Å². The minimum Gasteiger partial charge on any atom is -0.339 e. The highest BCUT2D eigenvalue weighted by Gasteiger charge is 2.19. The summed E-state index contributed by atoms with van der Waals surface area (Å²) < 4.78 is 2.00. The minimum atomic E-state index is -0.106. The number of carbonyl (C=O) groups excluding carboxylic acids is 2. The molecule has 1 saturated heterocycles. The summed E-state index contributed by atoms with van der Waals surface area (Å²) in [5.74, 6) is -0.0685. The highest BCUT2D eigenvalue weighted by molar-refractivity contribution is 5.97. The van der Waals surface area contributed by atoms with Gasteiger partial charge in [-0.15, -0.1) is 0 Å². The second-order valence-electron chi connectivity index (χ2n) is 7.06. The normalized spacial score (nSPS) is 13.9. The molecule has 1 aliphatic heterocycles. The molecule has 0 unspecified atom stereocenters. The molecule has 0 bridgehead atoms. The second kappa shape index (κ2) is 7.27. The zero-order valence-electron chi connectivity index (χ0n) is 15.4. The van der Waals surface area contributed by atoms with E-state index in [2.05, 4.69) is 11.4 Å². The average Bonchev–Trinajstić information content (AvgIpc) is 3.30. The van der Waals surface area contributed by atoms with E-state index in [1.807, 2.05) is 52.8 Å². The second-order valence-corrected chi connectivity index (χ2v) is 7.06. The maximum absolute atomic E-state index is 12.6. The van der Waals surface area contributed by atoms with Gasteiger partial charge >= 0.3 is 0 Å². The Kier molecular flexibility index (Phi) is 4.67. The number of likely N-dealkylation sites (tertiary alicyclic amines) is 1. The van der Waals surface area contributed by atoms with Crippen LogP contribution in [0.1, 0.15) is 28.9 Å². The summed E-state index contributed by atoms with van der Waals surface area (Å²) in [5, 5.41) is 4.05. The van der Waals surface area contributed by atoms with Gasteiger partial charge in [0.2, 0.25) is 5.91 Å². The number of anilines is 1. The molecule has 3 aromatic rings. The van der Waals surface area contributed by atoms with E-state index in [1.54, 1.807) is 12.1 Å². The largest absolute Gasteiger partial charge is 0.339 e. The number of benzene rings is 2. The Hall–Kier alpha value is -3.08. The van der Waals surface area contributed by atoms with Crippen molar-refractivity contribution in [3.63, 3.8) is 0 Å². The van der Waals surface area contributed by atoms with Crippen LogP contribution in [0.15, 0.2) is 54.6 Å². The molecule has 1 aromatic heterocycles. The van der Waals surface area contributed by atoms with Crippen LogP contribution in [0.5, 0.6) is 0 Å². The van der Waals surface area contributed by atoms with Crippen molar-refractivity contribution in [2.45, 2.75) is 26.3 Å². The van der Waals surface area contributed by atoms with Crippen molar-refractivity contribution in [3.05, 3.63) is 65.9 Å². The first-order valence-electron chi connectivity index (χ1n) is 9.36. The molecule has 0 saturated carbocycles. The standard InChI is InChI=1S/C22H23N3O2/c1-16-13-17-7-2-3-10-20(17)25(16)15-21(26)23-19-9-6-8-18(14-19)22(27)24-11-4-5-12-24/h2-3,6-10,13-14H,4-5,11-12,15H2,1H3,(H,23,26). The van der Waals surface area contributed by atoms with E-state index in [0.29, 0.717) is 11.3 Å². The van der Waals surface area contributed by atoms with Gasteiger partial charge in [0.1, 0.15) is 6.54 Å². The fraction of sp³-hybridized carbons (Fsp3) is 0.273. The van der Waals surface area contributed by atoms with Crippen molar-refractivity contribution < 1.29 is 9.59 Å². The predicted molar refractivity (Wildman–Crippen MR) is 107 cm³/mol. The zero-order valence-corrected chi connectivity index (χ0v) is 15.4. The molecule has 1 aliphatic rings. The van der Waals surface area contributed by atoms with E-state index in [0.717, 1.165) is 42.5 Å². The molecular formula is C22H23N3O2. The third-order valence-corrected chi connectivity index (χ3v) is 5.11. The van der Waals surface area contributed by atoms with E-state index in [-0.39, 0.29) is 18.4 Å². The van der Waals surface area contributed by atoms with Crippen molar-refractivity contribution in [2.24, 2.45) is 0 Å². The van der Waals surface area contributed by atoms with Crippen LogP contribution in [0, 0.1) is 6.92 Å². The van der Waals surface area contributed by atoms with Crippen LogP contribution >= 0.6 is 0 Å². The number of carbonyl (C=O) groups is 2. The molecule has 1 fully saturated rings. The molecule has 0 aliphatic carbocycles. The first-order valence-corrected chi connectivity index (χ1v) is 9.36. The maximum Gasteiger partial charge on any atom is 0.253 e. The van der Waals surface area contributed by atoms with Gasteiger partial charge in [0.15, 0.2) is 0 Å². The van der Waals surface area contributed by atoms with Gasteiger partial charge < -0.3 is 14.8 Å². The molecule has 5 heteroatoms. The topological polar surface area (TPSA) is 54.3 Å². The van der Waals surface area contributed by atoms with Crippen LogP contribution in [0.4, 0.5) is 5.69 Å². The van der Waals surface area contributed by atoms with Crippen LogP contribution in [-0.4, -0.2) is 34.4 Å². The van der Waals surface area contributed by atoms with Crippen LogP contribution in [0.25, 0.3) is 10.9 Å². The Morgan fingerprint density at radius 2 is 1.78 bits per heavy atom. The summed E-state index contributed by atoms with van der Waals surface area (Å²) in [7, 11) is 0. The Balaban J connectivity index is 1.49. The number of rotatable bonds is 4. The van der Waals surface area contributed by atoms with Crippen molar-refractivity contribution in [3.8, 4) is 0 Å². The number of hydrogen-bond donors (Lipinski definition) is 1. The summed E-state index contributed by atoms with van der Waals surface area (Å²) >= 11 is 0. The van der Waals surface area contributed by atoms with Crippen molar-refractivity contribution in [1.29, 1.82) is 0 Å². The maximum atomic E-state index is 12.6. The summed E-state index contributed by atoms with van der Waals surface area (Å²) in [4.78, 5) is 27.0. The van der Waals surface area contributed by atoms with E-state index >= 15 is 0 Å². The molecule has 1 N–H and O–H groups in total. The molecule has 138 valence electrons. The highest BCUT2D eigenvalue weighted by atomic mass is 16.2. The molecule has 4 rings (SSSR count). The smallest absolute Gasteiger partial charge is 0.253 e. The lowest BCUT2D eigenvalue weighted by Crippen LogP contribution is -2.27. The molecule has 0 atom stereocenters. The van der Waals surface area contributed by atoms with Crippen molar-refractivity contribution in [2.75, 3.05) is 18.4 Å². The Morgan fingerprint density at radius 3 is 2.59 bits per heavy atom. The van der Waals surface area contributed by atoms with Gasteiger partial charge in [0.25, 0.3) is 5.91 Å². The predicted octanol–water partition coefficient (Wildman–Crippen LogP) is 3.82. The molecule has 2 aromatic carbocycles. The molecule has 5 nitrogen and oxygen atoms in total. The number of nitrogens with zero attached hydrogens (tertiary/aromatic N) is 2. The van der Waals surface area contributed by atoms with Crippen molar-refractivity contribution >= 4 is 28.4 Å². The van der Waals surface area contributed by atoms with Gasteiger partial charge in [-0.05, 0) is 55.5 Å². The molecule has 0 radical (unpaired) electrons. The van der Waals surface area contributed by atoms with E-state index < -0.39 is 0 Å². The van der Waals surface area contributed by atoms with Gasteiger partial charge in [0.05, 0.1) is 0 Å². The van der Waals surface area contributed by atoms with Gasteiger partial charge in [-0.2, -0.15) is 0 Å². The zero-order chi connectivity index (χ0) is 18.8. The summed E-state index contributed by atoms with van der Waals surface area (Å²) in [6.45, 7) is 3.87. The van der Waals surface area contributed by atoms with Crippen LogP contribution in [-0.2, 0) is 11.3 Å². The Morgan fingerprint density at radius 1 is 1.00 bits per heavy atom. The highest BCUT2D eigenvalue weighted by Crippen LogP contribution is 2.20. The number of fused-ring (bicyclic) bond motifs is 1. The molecule has 27 heavy (non-hydrogen) atoms. The number of hydrogen-bond acceptors (Lipinski definition) is 2. The molecule has 0 spiro atoms. The third kappa shape index (κ3) is 3.58. The van der Waals surface area contributed by atoms with Crippen molar-refractivity contribution in [1.82, 2.24) is 9.47 Å². The molecular weight excluding hydrogens is 338 g/mol. The first-order chi connectivity index (χ1) is 13.1. The Labute approximate surface area is 158 Å². The van der Waals surface area contributed by atoms with Gasteiger partial charge in [-0.3, -0.25) is 9.59 Å². The fourth-order valence-electron chi connectivity index (χ4n) is 3.74. The summed E-state index contributed by atoms with van der Waals surface area (Å²) in [6, 6.07) is 17.3. The molecule has 2 amide bonds. The monoisotopic (exact) mass is 361 g/mol. The SMILES string of the molecule is Cc1cc2ccccc2n1CC(=O)Nc1cccc(C(=O)N2CCCC2)c1. The average molecular weight is 361 g/mol. The third-order valence-electron chi connectivity index (χ3n) is 5.11. The van der Waals surface area contributed by atoms with E-state index in [4.69, 9.17) is 0 Å². The summed E-state index contributed by atoms with van der Waals surface area (Å²) in [5.41, 5.74) is 3.36. The van der Waals surface area contributed by atoms with Crippen LogP contribution in [0.3, 0.4) is 0 Å². The lowest BCUT2D eigenvalue weighted by atomic mass is 10.1. The van der Waals surface area contributed by atoms with E-state index in [1.165, 1.54) is 0 Å². The number of aryl methyl sites for hydroxylation is 1. The van der Waals surface area contributed by atoms with Gasteiger partial charge in [-0.1, -0.05) is 24.3 Å². The van der Waals surface area contributed by atoms with Gasteiger partial charge in [-0.25, -0.2) is 0 Å². The number of amides is 2. The van der Waals surface area contributed by atoms with Crippen LogP contribution < -0.4 is 5.32 Å². The number of nitrogens with one attached hydrogen (secondary N) is 1. The minimum absolute atomic E-state index is 0.0378. The van der Waals surface area contributed by atoms with Crippen LogP contribution in [0.2, 0.25) is 0 Å². The lowest BCUT2D eigenvalue weighted by molar-refractivity contribution is -0.116. The molecule has 2 heterocycles.